The lowest BCUT2D eigenvalue weighted by Crippen LogP contribution is -2.43. The van der Waals surface area contributed by atoms with Crippen LogP contribution in [0.25, 0.3) is 32.9 Å². The van der Waals surface area contributed by atoms with Gasteiger partial charge in [-0.3, -0.25) is 4.90 Å². The van der Waals surface area contributed by atoms with E-state index in [2.05, 4.69) is 27.8 Å². The van der Waals surface area contributed by atoms with E-state index in [1.165, 1.54) is 18.2 Å². The van der Waals surface area contributed by atoms with Gasteiger partial charge in [-0.2, -0.15) is 15.2 Å². The fourth-order valence-electron chi connectivity index (χ4n) is 8.05. The molecule has 2 aromatic carbocycles. The van der Waals surface area contributed by atoms with Gasteiger partial charge in [-0.05, 0) is 91.9 Å². The third-order valence-electron chi connectivity index (χ3n) is 10.2. The van der Waals surface area contributed by atoms with Gasteiger partial charge in [0.25, 0.3) is 0 Å². The van der Waals surface area contributed by atoms with Crippen molar-refractivity contribution in [3.05, 3.63) is 47.2 Å². The first-order valence-electron chi connectivity index (χ1n) is 16.7. The lowest BCUT2D eigenvalue weighted by atomic mass is 9.93. The van der Waals surface area contributed by atoms with Crippen molar-refractivity contribution >= 4 is 27.5 Å². The molecule has 5 heterocycles. The zero-order chi connectivity index (χ0) is 33.6. The maximum absolute atomic E-state index is 17.2. The van der Waals surface area contributed by atoms with Crippen molar-refractivity contribution < 1.29 is 23.0 Å². The summed E-state index contributed by atoms with van der Waals surface area (Å²) in [5.41, 5.74) is 0.157. The van der Waals surface area contributed by atoms with Crippen molar-refractivity contribution in [1.29, 1.82) is 5.26 Å². The van der Waals surface area contributed by atoms with E-state index in [9.17, 15) is 14.8 Å². The second-order valence-electron chi connectivity index (χ2n) is 13.2. The first-order valence-corrected chi connectivity index (χ1v) is 16.7. The summed E-state index contributed by atoms with van der Waals surface area (Å²) in [5.74, 6) is 5.07. The summed E-state index contributed by atoms with van der Waals surface area (Å²) in [6.45, 7) is 5.93. The number of halogens is 3. The number of aryl methyl sites for hydroxylation is 1. The number of phenolic OH excluding ortho intramolecular Hbond substituents is 1. The SMILES string of the molecule is CC#Cc1nc(-c2cc(O)cc3ccc(F)c(CC)c23)c(F)c2nc(OC[C@@]34CCCN3C[C@H](F)C4)nc(N3CCCC(CC#N)C3)c12. The number of alkyl halides is 1. The van der Waals surface area contributed by atoms with Gasteiger partial charge >= 0.3 is 6.01 Å². The van der Waals surface area contributed by atoms with Crippen LogP contribution in [0.2, 0.25) is 0 Å². The summed E-state index contributed by atoms with van der Waals surface area (Å²) in [7, 11) is 0. The molecule has 0 bridgehead atoms. The fourth-order valence-corrected chi connectivity index (χ4v) is 8.05. The van der Waals surface area contributed by atoms with Crippen LogP contribution in [0.5, 0.6) is 11.8 Å². The van der Waals surface area contributed by atoms with Crippen molar-refractivity contribution in [3.8, 4) is 40.9 Å². The summed E-state index contributed by atoms with van der Waals surface area (Å²) in [6.07, 6.45) is 3.55. The van der Waals surface area contributed by atoms with Gasteiger partial charge in [0.15, 0.2) is 5.82 Å². The molecule has 8 nitrogen and oxygen atoms in total. The van der Waals surface area contributed by atoms with Crippen LogP contribution in [0.1, 0.15) is 63.6 Å². The molecule has 11 heteroatoms. The molecule has 1 unspecified atom stereocenters. The number of nitriles is 1. The number of pyridine rings is 1. The smallest absolute Gasteiger partial charge is 0.319 e. The molecule has 3 fully saturated rings. The van der Waals surface area contributed by atoms with Gasteiger partial charge in [0.05, 0.1) is 17.0 Å². The molecular weight excluding hydrogens is 617 g/mol. The molecule has 0 amide bonds. The first-order chi connectivity index (χ1) is 23.2. The molecule has 0 radical (unpaired) electrons. The zero-order valence-corrected chi connectivity index (χ0v) is 27.1. The van der Waals surface area contributed by atoms with Gasteiger partial charge in [-0.25, -0.2) is 18.2 Å². The van der Waals surface area contributed by atoms with Crippen molar-refractivity contribution in [3.63, 3.8) is 0 Å². The quantitative estimate of drug-likeness (QED) is 0.216. The minimum Gasteiger partial charge on any atom is -0.508 e. The third kappa shape index (κ3) is 5.54. The van der Waals surface area contributed by atoms with Gasteiger partial charge < -0.3 is 14.7 Å². The van der Waals surface area contributed by atoms with Crippen LogP contribution in [0.3, 0.4) is 0 Å². The number of rotatable bonds is 7. The van der Waals surface area contributed by atoms with Crippen LogP contribution in [-0.4, -0.2) is 69.5 Å². The summed E-state index contributed by atoms with van der Waals surface area (Å²) in [4.78, 5) is 18.3. The molecule has 3 aliphatic rings. The van der Waals surface area contributed by atoms with Crippen LogP contribution >= 0.6 is 0 Å². The van der Waals surface area contributed by atoms with E-state index in [0.717, 1.165) is 32.2 Å². The highest BCUT2D eigenvalue weighted by atomic mass is 19.1. The predicted molar refractivity (Wildman–Crippen MR) is 177 cm³/mol. The lowest BCUT2D eigenvalue weighted by molar-refractivity contribution is 0.107. The average molecular weight is 655 g/mol. The van der Waals surface area contributed by atoms with E-state index < -0.39 is 23.3 Å². The Labute approximate surface area is 277 Å². The number of phenols is 1. The van der Waals surface area contributed by atoms with Crippen LogP contribution in [0, 0.1) is 40.7 Å². The van der Waals surface area contributed by atoms with Crippen molar-refractivity contribution in [1.82, 2.24) is 19.9 Å². The van der Waals surface area contributed by atoms with Crippen LogP contribution in [-0.2, 0) is 6.42 Å². The number of fused-ring (bicyclic) bond motifs is 3. The maximum atomic E-state index is 17.2. The summed E-state index contributed by atoms with van der Waals surface area (Å²) in [5, 5.41) is 21.4. The highest BCUT2D eigenvalue weighted by Gasteiger charge is 2.49. The van der Waals surface area contributed by atoms with Gasteiger partial charge in [0.1, 0.15) is 47.1 Å². The number of hydrogen-bond acceptors (Lipinski definition) is 8. The summed E-state index contributed by atoms with van der Waals surface area (Å²) < 4.78 is 53.1. The zero-order valence-electron chi connectivity index (χ0n) is 27.1. The molecule has 48 heavy (non-hydrogen) atoms. The monoisotopic (exact) mass is 654 g/mol. The highest BCUT2D eigenvalue weighted by molar-refractivity contribution is 6.03. The van der Waals surface area contributed by atoms with Crippen LogP contribution < -0.4 is 9.64 Å². The molecule has 248 valence electrons. The van der Waals surface area contributed by atoms with Crippen molar-refractivity contribution in [2.75, 3.05) is 37.7 Å². The Morgan fingerprint density at radius 1 is 1.10 bits per heavy atom. The predicted octanol–water partition coefficient (Wildman–Crippen LogP) is 6.85. The first kappa shape index (κ1) is 32.0. The van der Waals surface area contributed by atoms with E-state index in [1.54, 1.807) is 13.0 Å². The Bertz CT molecular complexity index is 2020. The maximum Gasteiger partial charge on any atom is 0.319 e. The Hall–Kier alpha value is -4.61. The molecule has 0 saturated carbocycles. The third-order valence-corrected chi connectivity index (χ3v) is 10.2. The van der Waals surface area contributed by atoms with Gasteiger partial charge in [-0.15, -0.1) is 0 Å². The molecule has 3 aliphatic heterocycles. The number of benzene rings is 2. The normalized spacial score (nSPS) is 22.5. The van der Waals surface area contributed by atoms with E-state index in [-0.39, 0.29) is 46.8 Å². The van der Waals surface area contributed by atoms with E-state index in [4.69, 9.17) is 14.7 Å². The van der Waals surface area contributed by atoms with Gasteiger partial charge in [0.2, 0.25) is 0 Å². The molecular formula is C37H37F3N6O2. The molecule has 3 saturated heterocycles. The van der Waals surface area contributed by atoms with Crippen LogP contribution in [0.15, 0.2) is 24.3 Å². The van der Waals surface area contributed by atoms with Crippen molar-refractivity contribution in [2.45, 2.75) is 70.5 Å². The number of piperidine rings is 1. The minimum atomic E-state index is -0.941. The summed E-state index contributed by atoms with van der Waals surface area (Å²) >= 11 is 0. The van der Waals surface area contributed by atoms with Crippen LogP contribution in [0.4, 0.5) is 19.0 Å². The number of anilines is 1. The topological polar surface area (TPSA) is 98.4 Å². The Kier molecular flexibility index (Phi) is 8.51. The second kappa shape index (κ2) is 12.8. The van der Waals surface area contributed by atoms with Crippen molar-refractivity contribution in [2.24, 2.45) is 5.92 Å². The molecule has 0 aliphatic carbocycles. The number of ether oxygens (including phenoxy) is 1. The van der Waals surface area contributed by atoms with E-state index in [1.807, 2.05) is 11.8 Å². The van der Waals surface area contributed by atoms with Gasteiger partial charge in [0, 0.05) is 38.0 Å². The van der Waals surface area contributed by atoms with E-state index >= 15 is 8.78 Å². The molecule has 0 spiro atoms. The molecule has 4 aromatic rings. The largest absolute Gasteiger partial charge is 0.508 e. The highest BCUT2D eigenvalue weighted by Crippen LogP contribution is 2.43. The lowest BCUT2D eigenvalue weighted by Gasteiger charge is -2.34. The number of aromatic hydroxyl groups is 1. The molecule has 2 aromatic heterocycles. The van der Waals surface area contributed by atoms with E-state index in [0.29, 0.717) is 66.4 Å². The molecule has 7 rings (SSSR count). The standard InChI is InChI=1S/C37H37F3N6O2/c1-3-7-29-31-34(32(40)33(42-29)27-17-25(47)16-23-9-10-28(39)26(4-2)30(23)27)43-36(44-35(31)45-14-5-8-22(19-45)11-13-41)48-21-37-12-6-15-46(37)20-24(38)18-37/h9-10,16-17,22,24,47H,4-6,8,11-12,14-15,18-21H2,1-2H3/t22?,24-,37+/m1/s1. The number of hydrogen-bond donors (Lipinski definition) is 1. The number of aromatic nitrogens is 3. The Morgan fingerprint density at radius 2 is 1.96 bits per heavy atom. The summed E-state index contributed by atoms with van der Waals surface area (Å²) in [6, 6.07) is 8.02. The Morgan fingerprint density at radius 3 is 2.75 bits per heavy atom. The molecule has 1 N–H and O–H groups in total. The Balaban J connectivity index is 1.45. The molecule has 3 atom stereocenters. The van der Waals surface area contributed by atoms with Gasteiger partial charge in [-0.1, -0.05) is 18.9 Å². The second-order valence-corrected chi connectivity index (χ2v) is 13.2. The average Bonchev–Trinajstić information content (AvgIpc) is 3.60. The number of nitrogens with zero attached hydrogens (tertiary/aromatic N) is 6. The fraction of sp³-hybridized carbons (Fsp3) is 0.459. The minimum absolute atomic E-state index is 0.0454.